The zero-order valence-electron chi connectivity index (χ0n) is 12.2. The van der Waals surface area contributed by atoms with Gasteiger partial charge in [0.05, 0.1) is 0 Å². The maximum atomic E-state index is 13.3. The molecule has 13 heteroatoms. The van der Waals surface area contributed by atoms with E-state index in [4.69, 9.17) is 0 Å². The normalized spacial score (nSPS) is 24.7. The largest absolute Gasteiger partial charge is 0.328 e. The quantitative estimate of drug-likeness (QED) is 0.527. The van der Waals surface area contributed by atoms with Crippen molar-refractivity contribution in [3.8, 4) is 0 Å². The molecule has 10 atom stereocenters. The van der Waals surface area contributed by atoms with Crippen molar-refractivity contribution in [2.24, 2.45) is 5.73 Å². The number of halogens is 12. The van der Waals surface area contributed by atoms with Gasteiger partial charge in [0.1, 0.15) is 6.17 Å². The minimum absolute atomic E-state index is 1.16. The molecule has 152 valence electrons. The van der Waals surface area contributed by atoms with E-state index in [2.05, 4.69) is 5.73 Å². The van der Waals surface area contributed by atoms with E-state index in [-0.39, 0.29) is 0 Å². The van der Waals surface area contributed by atoms with Gasteiger partial charge in [0.15, 0.2) is 55.5 Å². The lowest BCUT2D eigenvalue weighted by atomic mass is 9.96. The van der Waals surface area contributed by atoms with Crippen LogP contribution >= 0.6 is 0 Å². The molecule has 2 N–H and O–H groups in total. The van der Waals surface area contributed by atoms with Crippen molar-refractivity contribution in [2.45, 2.75) is 68.1 Å². The Bertz CT molecular complexity index is 374. The van der Waals surface area contributed by atoms with Gasteiger partial charge in [-0.15, -0.1) is 0 Å². The van der Waals surface area contributed by atoms with E-state index < -0.39 is 74.7 Å². The van der Waals surface area contributed by atoms with E-state index in [1.54, 1.807) is 0 Å². The lowest BCUT2D eigenvalue weighted by Crippen LogP contribution is -2.50. The van der Waals surface area contributed by atoms with E-state index in [1.165, 1.54) is 0 Å². The number of nitrogens with two attached hydrogens (primary N) is 1. The molecule has 0 fully saturated rings. The van der Waals surface area contributed by atoms with E-state index >= 15 is 0 Å². The van der Waals surface area contributed by atoms with Crippen molar-refractivity contribution in [1.82, 2.24) is 0 Å². The zero-order valence-corrected chi connectivity index (χ0v) is 12.2. The molecule has 0 heterocycles. The standard InChI is InChI=1S/C12H15F12N/c13-2(1-25)3(14)4(15)5(16)6(17)7(18)8(19)9(20)10(21)11(22)12(23)24/h2-12H,1,25H2. The molecule has 0 radical (unpaired) electrons. The average Bonchev–Trinajstić information content (AvgIpc) is 2.61. The first-order valence-electron chi connectivity index (χ1n) is 6.77. The van der Waals surface area contributed by atoms with Gasteiger partial charge in [-0.3, -0.25) is 0 Å². The van der Waals surface area contributed by atoms with Crippen LogP contribution in [0.25, 0.3) is 0 Å². The molecule has 25 heavy (non-hydrogen) atoms. The Morgan fingerprint density at radius 1 is 0.400 bits per heavy atom. The van der Waals surface area contributed by atoms with Crippen molar-refractivity contribution in [3.05, 3.63) is 0 Å². The van der Waals surface area contributed by atoms with Gasteiger partial charge in [-0.1, -0.05) is 0 Å². The highest BCUT2D eigenvalue weighted by Gasteiger charge is 2.50. The van der Waals surface area contributed by atoms with Crippen molar-refractivity contribution >= 4 is 0 Å². The summed E-state index contributed by atoms with van der Waals surface area (Å²) < 4.78 is 154. The molecule has 0 amide bonds. The molecule has 0 aliphatic carbocycles. The maximum absolute atomic E-state index is 13.3. The molecule has 0 spiro atoms. The highest BCUT2D eigenvalue weighted by atomic mass is 19.3. The Morgan fingerprint density at radius 3 is 0.880 bits per heavy atom. The van der Waals surface area contributed by atoms with Crippen LogP contribution in [-0.2, 0) is 0 Å². The summed E-state index contributed by atoms with van der Waals surface area (Å²) in [5, 5.41) is 0. The van der Waals surface area contributed by atoms with Crippen LogP contribution in [0.15, 0.2) is 0 Å². The SMILES string of the molecule is NCC(F)C(F)C(F)C(F)C(F)C(F)C(F)C(F)C(F)C(F)C(F)F. The number of alkyl halides is 12. The summed E-state index contributed by atoms with van der Waals surface area (Å²) in [6, 6.07) is 0. The molecule has 0 aliphatic heterocycles. The van der Waals surface area contributed by atoms with Gasteiger partial charge >= 0.3 is 0 Å². The van der Waals surface area contributed by atoms with Crippen LogP contribution < -0.4 is 5.73 Å². The van der Waals surface area contributed by atoms with Crippen molar-refractivity contribution in [3.63, 3.8) is 0 Å². The minimum Gasteiger partial charge on any atom is -0.328 e. The third kappa shape index (κ3) is 6.10. The van der Waals surface area contributed by atoms with E-state index in [0.717, 1.165) is 0 Å². The Hall–Kier alpha value is -0.880. The fourth-order valence-corrected chi connectivity index (χ4v) is 1.70. The maximum Gasteiger partial charge on any atom is 0.272 e. The Labute approximate surface area is 134 Å². The molecule has 0 aromatic carbocycles. The monoisotopic (exact) mass is 401 g/mol. The average molecular weight is 401 g/mol. The predicted molar refractivity (Wildman–Crippen MR) is 64.0 cm³/mol. The smallest absolute Gasteiger partial charge is 0.272 e. The van der Waals surface area contributed by atoms with Crippen molar-refractivity contribution < 1.29 is 52.7 Å². The topological polar surface area (TPSA) is 26.0 Å². The minimum atomic E-state index is -4.12. The Morgan fingerprint density at radius 2 is 0.640 bits per heavy atom. The number of hydrogen-bond donors (Lipinski definition) is 1. The molecule has 10 unspecified atom stereocenters. The highest BCUT2D eigenvalue weighted by Crippen LogP contribution is 2.30. The van der Waals surface area contributed by atoms with Crippen LogP contribution in [0.4, 0.5) is 52.7 Å². The summed E-state index contributed by atoms with van der Waals surface area (Å²) in [5.74, 6) is 0. The van der Waals surface area contributed by atoms with Crippen LogP contribution in [0.5, 0.6) is 0 Å². The summed E-state index contributed by atoms with van der Waals surface area (Å²) in [6.07, 6.45) is -41.6. The summed E-state index contributed by atoms with van der Waals surface area (Å²) in [7, 11) is 0. The van der Waals surface area contributed by atoms with Crippen molar-refractivity contribution in [2.75, 3.05) is 6.54 Å². The second-order valence-electron chi connectivity index (χ2n) is 5.09. The lowest BCUT2D eigenvalue weighted by Gasteiger charge is -2.27. The molecule has 0 aliphatic rings. The molecular weight excluding hydrogens is 386 g/mol. The molecule has 0 aromatic heterocycles. The van der Waals surface area contributed by atoms with Crippen LogP contribution in [0, 0.1) is 0 Å². The first kappa shape index (κ1) is 24.1. The molecular formula is C12H15F12N. The third-order valence-corrected chi connectivity index (χ3v) is 3.25. The Kier molecular flexibility index (Phi) is 9.95. The predicted octanol–water partition coefficient (Wildman–Crippen LogP) is 3.59. The lowest BCUT2D eigenvalue weighted by molar-refractivity contribution is -0.0761. The molecule has 0 saturated heterocycles. The molecule has 0 aromatic rings. The third-order valence-electron chi connectivity index (χ3n) is 3.25. The first-order chi connectivity index (χ1) is 11.4. The van der Waals surface area contributed by atoms with Gasteiger partial charge < -0.3 is 5.73 Å². The molecule has 0 bridgehead atoms. The van der Waals surface area contributed by atoms with Gasteiger partial charge in [0.25, 0.3) is 6.43 Å². The summed E-state index contributed by atoms with van der Waals surface area (Å²) in [4.78, 5) is 0. The second-order valence-corrected chi connectivity index (χ2v) is 5.09. The summed E-state index contributed by atoms with van der Waals surface area (Å²) in [5.41, 5.74) is 4.60. The fourth-order valence-electron chi connectivity index (χ4n) is 1.70. The van der Waals surface area contributed by atoms with Gasteiger partial charge in [-0.25, -0.2) is 52.7 Å². The first-order valence-corrected chi connectivity index (χ1v) is 6.77. The van der Waals surface area contributed by atoms with Gasteiger partial charge in [0.2, 0.25) is 0 Å². The van der Waals surface area contributed by atoms with Crippen LogP contribution in [0.1, 0.15) is 0 Å². The summed E-state index contributed by atoms with van der Waals surface area (Å²) >= 11 is 0. The fraction of sp³-hybridized carbons (Fsp3) is 1.00. The van der Waals surface area contributed by atoms with Gasteiger partial charge in [-0.05, 0) is 0 Å². The van der Waals surface area contributed by atoms with Crippen LogP contribution in [0.3, 0.4) is 0 Å². The Balaban J connectivity index is 4.98. The zero-order chi connectivity index (χ0) is 20.1. The number of hydrogen-bond acceptors (Lipinski definition) is 1. The van der Waals surface area contributed by atoms with Gasteiger partial charge in [0, 0.05) is 6.54 Å². The van der Waals surface area contributed by atoms with Crippen LogP contribution in [-0.4, -0.2) is 74.7 Å². The van der Waals surface area contributed by atoms with E-state index in [0.29, 0.717) is 0 Å². The van der Waals surface area contributed by atoms with Crippen molar-refractivity contribution in [1.29, 1.82) is 0 Å². The van der Waals surface area contributed by atoms with E-state index in [1.807, 2.05) is 0 Å². The highest BCUT2D eigenvalue weighted by molar-refractivity contribution is 4.95. The van der Waals surface area contributed by atoms with E-state index in [9.17, 15) is 52.7 Å². The molecule has 1 nitrogen and oxygen atoms in total. The molecule has 0 rings (SSSR count). The van der Waals surface area contributed by atoms with Gasteiger partial charge in [-0.2, -0.15) is 0 Å². The van der Waals surface area contributed by atoms with Crippen LogP contribution in [0.2, 0.25) is 0 Å². The second kappa shape index (κ2) is 10.3. The molecule has 0 saturated carbocycles. The summed E-state index contributed by atoms with van der Waals surface area (Å²) in [6.45, 7) is -1.16. The number of rotatable bonds is 11.